The Morgan fingerprint density at radius 3 is 1.14 bits per heavy atom. The van der Waals surface area contributed by atoms with Gasteiger partial charge in [-0.05, 0) is 236 Å². The predicted molar refractivity (Wildman–Crippen MR) is 463 cm³/mol. The summed E-state index contributed by atoms with van der Waals surface area (Å²) >= 11 is 0. The Bertz CT molecular complexity index is 2900. The molecule has 2 atom stereocenters. The van der Waals surface area contributed by atoms with Crippen LogP contribution in [0, 0.1) is 29.4 Å². The summed E-state index contributed by atoms with van der Waals surface area (Å²) in [6, 6.07) is 54.1. The van der Waals surface area contributed by atoms with Crippen LogP contribution in [0.4, 0.5) is 8.78 Å². The van der Waals surface area contributed by atoms with Crippen LogP contribution in [0.1, 0.15) is 201 Å². The number of hydrogen-bond donors (Lipinski definition) is 13. The van der Waals surface area contributed by atoms with E-state index in [9.17, 15) is 23.5 Å². The topological polar surface area (TPSA) is 376 Å². The van der Waals surface area contributed by atoms with Crippen LogP contribution in [0.3, 0.4) is 0 Å². The van der Waals surface area contributed by atoms with Gasteiger partial charge < -0.3 is 83.7 Å². The number of hydrogen-bond acceptors (Lipinski definition) is 16. The van der Waals surface area contributed by atoms with Crippen molar-refractivity contribution < 1.29 is 23.5 Å². The Kier molecular flexibility index (Phi) is 69.7. The monoisotopic (exact) mass is 1530 g/mol. The zero-order valence-electron chi connectivity index (χ0n) is 68.5. The van der Waals surface area contributed by atoms with Gasteiger partial charge in [0.05, 0.1) is 19.2 Å². The molecule has 2 amide bonds. The molecule has 5 aliphatic rings. The van der Waals surface area contributed by atoms with Gasteiger partial charge in [0.1, 0.15) is 11.6 Å². The van der Waals surface area contributed by atoms with E-state index >= 15 is 0 Å². The van der Waals surface area contributed by atoms with Crippen molar-refractivity contribution in [2.24, 2.45) is 86.6 Å². The van der Waals surface area contributed by atoms with E-state index in [1.165, 1.54) is 156 Å². The summed E-state index contributed by atoms with van der Waals surface area (Å²) in [7, 11) is 0. The maximum Gasteiger partial charge on any atom is 0.236 e. The first-order valence-electron chi connectivity index (χ1n) is 41.6. The molecular formula is C90H155F2N15O3. The number of rotatable bonds is 23. The maximum atomic E-state index is 12.5. The molecule has 0 spiro atoms. The molecule has 5 fully saturated rings. The molecular weight excluding hydrogens is 1380 g/mol. The van der Waals surface area contributed by atoms with Crippen LogP contribution in [0.15, 0.2) is 170 Å². The summed E-state index contributed by atoms with van der Waals surface area (Å²) in [5, 5.41) is 9.23. The summed E-state index contributed by atoms with van der Waals surface area (Å²) in [6.45, 7) is 20.3. The van der Waals surface area contributed by atoms with Crippen molar-refractivity contribution in [3.05, 3.63) is 215 Å². The molecule has 6 aromatic carbocycles. The summed E-state index contributed by atoms with van der Waals surface area (Å²) in [4.78, 5) is 28.5. The Morgan fingerprint density at radius 2 is 0.782 bits per heavy atom. The zero-order chi connectivity index (χ0) is 81.3. The first-order chi connectivity index (χ1) is 53.5. The minimum atomic E-state index is -0.229. The molecule has 25 N–H and O–H groups in total. The quantitative estimate of drug-likeness (QED) is 0.0265. The van der Waals surface area contributed by atoms with Gasteiger partial charge in [0.25, 0.3) is 0 Å². The van der Waals surface area contributed by atoms with Crippen LogP contribution in [0.2, 0.25) is 0 Å². The third-order valence-corrected chi connectivity index (χ3v) is 19.4. The number of piperidine rings is 1. The van der Waals surface area contributed by atoms with Crippen molar-refractivity contribution in [2.45, 2.75) is 206 Å². The van der Waals surface area contributed by atoms with Crippen molar-refractivity contribution in [3.8, 4) is 0 Å². The van der Waals surface area contributed by atoms with Crippen LogP contribution in [0.5, 0.6) is 0 Å². The van der Waals surface area contributed by atoms with Crippen molar-refractivity contribution in [1.82, 2.24) is 14.7 Å². The van der Waals surface area contributed by atoms with Gasteiger partial charge in [0.2, 0.25) is 11.8 Å². The Balaban J connectivity index is 0.00000119. The Morgan fingerprint density at radius 1 is 0.400 bits per heavy atom. The molecule has 110 heavy (non-hydrogen) atoms. The minimum Gasteiger partial charge on any atom is -0.392 e. The highest BCUT2D eigenvalue weighted by molar-refractivity contribution is 5.78. The predicted octanol–water partition coefficient (Wildman–Crippen LogP) is 12.4. The second-order valence-electron chi connectivity index (χ2n) is 28.5. The lowest BCUT2D eigenvalue weighted by Gasteiger charge is -2.34. The molecule has 20 heteroatoms. The molecule has 0 aromatic heterocycles. The Hall–Kier alpha value is -6.44. The second kappa shape index (κ2) is 74.0. The number of halogens is 2. The lowest BCUT2D eigenvalue weighted by atomic mass is 9.90. The number of carbonyl (C=O) groups excluding carboxylic acids is 2. The number of nitrogens with two attached hydrogens (primary N) is 12. The molecule has 0 bridgehead atoms. The molecule has 622 valence electrons. The number of carbonyl (C=O) groups is 2. The van der Waals surface area contributed by atoms with Crippen molar-refractivity contribution in [3.63, 3.8) is 0 Å². The molecule has 2 aliphatic heterocycles. The van der Waals surface area contributed by atoms with Crippen LogP contribution >= 0.6 is 0 Å². The van der Waals surface area contributed by atoms with Crippen LogP contribution in [-0.2, 0) is 41.9 Å². The van der Waals surface area contributed by atoms with Gasteiger partial charge in [-0.3, -0.25) is 14.5 Å². The second-order valence-corrected chi connectivity index (χ2v) is 28.5. The van der Waals surface area contributed by atoms with E-state index in [0.717, 1.165) is 159 Å². The fourth-order valence-electron chi connectivity index (χ4n) is 12.4. The lowest BCUT2D eigenvalue weighted by Crippen LogP contribution is -2.49. The number of amides is 2. The summed E-state index contributed by atoms with van der Waals surface area (Å²) < 4.78 is 24.8. The van der Waals surface area contributed by atoms with E-state index in [-0.39, 0.29) is 42.6 Å². The number of nitrogens with zero attached hydrogens (tertiary/aromatic N) is 3. The molecule has 11 rings (SSSR count). The van der Waals surface area contributed by atoms with E-state index in [4.69, 9.17) is 68.8 Å². The van der Waals surface area contributed by atoms with Gasteiger partial charge in [-0.1, -0.05) is 224 Å². The number of unbranched alkanes of at least 4 members (excludes halogenated alkanes) is 2. The van der Waals surface area contributed by atoms with Gasteiger partial charge in [0.15, 0.2) is 0 Å². The highest BCUT2D eigenvalue weighted by Gasteiger charge is 2.22. The Labute approximate surface area is 665 Å². The fourth-order valence-corrected chi connectivity index (χ4v) is 12.4. The standard InChI is InChI=1S/C13H19N3O.C10H14FN.C9H13N.C8H10FN.C8H11N.C7H14N2O.C7H15NO.C7H15N.C7H9N.C6H13N.C5H13N.C3H9N/c14-10-13(17)16-8-6-15(7-9-16)11-12-4-2-1-3-5-12;1-8(6-7-12)9-2-4-10(11)5-3-9;10-8-4-7-9-5-2-1-3-6-9;9-8-3-1-7(2-4-8)5-6-10;9-7-6-8-4-2-1-3-5-8;8-6-7(10)9-4-2-1-3-5-9;8-5-7(9)6-3-1-2-4-6;2*8-6-7-4-2-1-3-5-7;7-5-6-3-1-2-4-6;1-2-3-4-5-6;1-2-3-4/h1-5H,6-11,14H2;2-5,8H,6-7,12H2,1H3;1-3,5-6H,4,7-8,10H2;1-4H,5-6,10H2;1-5H,6-7,9H2;1-6,8H2;6-7,9H,1-5,8H2;7H,1-6,8H2;1-5H,6,8H2;6H,1-5,7H2;2-6H2,1H3;2-4H2,1H3. The minimum absolute atomic E-state index is 0.0596. The molecule has 2 unspecified atom stereocenters. The highest BCUT2D eigenvalue weighted by atomic mass is 19.1. The first kappa shape index (κ1) is 104. The molecule has 3 saturated carbocycles. The molecule has 6 aromatic rings. The van der Waals surface area contributed by atoms with E-state index in [1.54, 1.807) is 12.1 Å². The SMILES string of the molecule is CC(CCN)c1ccc(F)cc1.CCCCCN.CCCN.NCC(=O)N1CCCCC1.NCC(=O)N1CCN(Cc2ccccc2)CC1.NCC(O)C1CCCC1.NCC1CCCC1.NCC1CCCCC1.NCCCc1ccccc1.NCCc1ccc(F)cc1.NCCc1ccccc1.NCc1ccccc1. The third kappa shape index (κ3) is 56.7. The van der Waals surface area contributed by atoms with E-state index in [0.29, 0.717) is 38.0 Å². The number of aliphatic hydroxyl groups is 1. The zero-order valence-corrected chi connectivity index (χ0v) is 68.5. The van der Waals surface area contributed by atoms with Crippen molar-refractivity contribution in [1.29, 1.82) is 0 Å². The number of aliphatic hydroxyl groups excluding tert-OH is 1. The number of piperazine rings is 1. The van der Waals surface area contributed by atoms with Crippen LogP contribution < -0.4 is 68.8 Å². The van der Waals surface area contributed by atoms with E-state index in [1.807, 2.05) is 82.6 Å². The van der Waals surface area contributed by atoms with Crippen molar-refractivity contribution >= 4 is 11.8 Å². The summed E-state index contributed by atoms with van der Waals surface area (Å²) in [5.41, 5.74) is 71.3. The average molecular weight is 1530 g/mol. The molecule has 0 radical (unpaired) electrons. The number of likely N-dealkylation sites (tertiary alicyclic amines) is 1. The summed E-state index contributed by atoms with van der Waals surface area (Å²) in [6.07, 6.45) is 30.7. The highest BCUT2D eigenvalue weighted by Crippen LogP contribution is 2.27. The van der Waals surface area contributed by atoms with Crippen molar-refractivity contribution in [2.75, 3.05) is 111 Å². The smallest absolute Gasteiger partial charge is 0.236 e. The average Bonchev–Trinajstić information content (AvgIpc) is 1.11. The van der Waals surface area contributed by atoms with Crippen LogP contribution in [0.25, 0.3) is 0 Å². The van der Waals surface area contributed by atoms with Gasteiger partial charge in [-0.2, -0.15) is 0 Å². The van der Waals surface area contributed by atoms with E-state index in [2.05, 4.69) is 86.3 Å². The molecule has 18 nitrogen and oxygen atoms in total. The fraction of sp³-hybridized carbons (Fsp3) is 0.578. The maximum absolute atomic E-state index is 12.5. The lowest BCUT2D eigenvalue weighted by molar-refractivity contribution is -0.131. The molecule has 2 saturated heterocycles. The van der Waals surface area contributed by atoms with Gasteiger partial charge in [-0.15, -0.1) is 0 Å². The van der Waals surface area contributed by atoms with Gasteiger partial charge in [0, 0.05) is 58.9 Å². The summed E-state index contributed by atoms with van der Waals surface area (Å²) in [5.74, 6) is 2.46. The first-order valence-corrected chi connectivity index (χ1v) is 41.6. The van der Waals surface area contributed by atoms with Crippen LogP contribution in [-0.4, -0.2) is 149 Å². The largest absolute Gasteiger partial charge is 0.392 e. The molecule has 3 aliphatic carbocycles. The van der Waals surface area contributed by atoms with Gasteiger partial charge >= 0.3 is 0 Å². The number of aryl methyl sites for hydroxylation is 1. The van der Waals surface area contributed by atoms with E-state index < -0.39 is 0 Å². The third-order valence-electron chi connectivity index (χ3n) is 19.4. The number of benzene rings is 6. The van der Waals surface area contributed by atoms with Gasteiger partial charge in [-0.25, -0.2) is 8.78 Å². The normalized spacial score (nSPS) is 15.0. The molecule has 2 heterocycles.